The summed E-state index contributed by atoms with van der Waals surface area (Å²) in [7, 11) is 0. The summed E-state index contributed by atoms with van der Waals surface area (Å²) in [5.74, 6) is 0.412. The third-order valence-corrected chi connectivity index (χ3v) is 6.06. The molecule has 12 nitrogen and oxygen atoms in total. The zero-order valence-corrected chi connectivity index (χ0v) is 19.5. The van der Waals surface area contributed by atoms with Crippen LogP contribution < -0.4 is 19.4 Å². The highest BCUT2D eigenvalue weighted by Crippen LogP contribution is 2.30. The molecule has 2 aliphatic rings. The van der Waals surface area contributed by atoms with Gasteiger partial charge in [-0.1, -0.05) is 0 Å². The van der Waals surface area contributed by atoms with Gasteiger partial charge in [0.25, 0.3) is 0 Å². The molecule has 1 amide bonds. The monoisotopic (exact) mass is 501 g/mol. The molecule has 2 aromatic heterocycles. The van der Waals surface area contributed by atoms with Gasteiger partial charge in [-0.3, -0.25) is 4.90 Å². The first-order valence-electron chi connectivity index (χ1n) is 11.4. The number of aromatic nitrogens is 4. The average molecular weight is 501 g/mol. The van der Waals surface area contributed by atoms with Crippen LogP contribution in [0.1, 0.15) is 11.4 Å². The van der Waals surface area contributed by atoms with Crippen molar-refractivity contribution < 1.29 is 18.7 Å². The highest BCUT2D eigenvalue weighted by atomic mass is 19.1. The second-order valence-corrected chi connectivity index (χ2v) is 8.28. The molecule has 0 aliphatic carbocycles. The number of anilines is 3. The van der Waals surface area contributed by atoms with Crippen molar-refractivity contribution in [1.29, 1.82) is 10.5 Å². The molecule has 0 radical (unpaired) electrons. The van der Waals surface area contributed by atoms with Gasteiger partial charge in [0, 0.05) is 32.2 Å². The fraction of sp³-hybridized carbons (Fsp3) is 0.292. The Morgan fingerprint density at radius 2 is 1.65 bits per heavy atom. The number of cyclic esters (lactones) is 1. The number of nitriles is 2. The molecule has 5 rings (SSSR count). The van der Waals surface area contributed by atoms with Crippen LogP contribution in [0, 0.1) is 28.5 Å². The second kappa shape index (κ2) is 10.3. The van der Waals surface area contributed by atoms with Crippen molar-refractivity contribution in [2.45, 2.75) is 6.04 Å². The average Bonchev–Trinajstić information content (AvgIpc) is 3.32. The molecule has 2 aliphatic heterocycles. The summed E-state index contributed by atoms with van der Waals surface area (Å²) in [6, 6.07) is 14.3. The van der Waals surface area contributed by atoms with E-state index in [0.29, 0.717) is 43.4 Å². The number of amides is 1. The smallest absolute Gasteiger partial charge is 0.414 e. The number of hydrogen-bond acceptors (Lipinski definition) is 11. The highest BCUT2D eigenvalue weighted by molar-refractivity contribution is 5.90. The van der Waals surface area contributed by atoms with E-state index in [2.05, 4.69) is 20.4 Å². The predicted octanol–water partition coefficient (Wildman–Crippen LogP) is 1.88. The van der Waals surface area contributed by atoms with Crippen LogP contribution in [0.15, 0.2) is 42.5 Å². The lowest BCUT2D eigenvalue weighted by Gasteiger charge is -2.36. The maximum Gasteiger partial charge on any atom is 0.414 e. The van der Waals surface area contributed by atoms with Crippen molar-refractivity contribution in [1.82, 2.24) is 20.4 Å². The second-order valence-electron chi connectivity index (χ2n) is 8.28. The molecule has 1 aromatic carbocycles. The molecule has 4 heterocycles. The third kappa shape index (κ3) is 5.01. The number of carbonyl (C=O) groups is 1. The van der Waals surface area contributed by atoms with E-state index in [1.807, 2.05) is 21.9 Å². The van der Waals surface area contributed by atoms with Gasteiger partial charge in [0.05, 0.1) is 11.4 Å². The maximum absolute atomic E-state index is 15.2. The van der Waals surface area contributed by atoms with E-state index in [1.54, 1.807) is 24.3 Å². The quantitative estimate of drug-likeness (QED) is 0.488. The molecule has 1 atom stereocenters. The molecular weight excluding hydrogens is 481 g/mol. The number of carbonyl (C=O) groups excluding carboxylic acids is 1. The fourth-order valence-corrected chi connectivity index (χ4v) is 4.17. The van der Waals surface area contributed by atoms with Gasteiger partial charge in [-0.15, -0.1) is 20.4 Å². The van der Waals surface area contributed by atoms with Gasteiger partial charge in [-0.2, -0.15) is 10.5 Å². The van der Waals surface area contributed by atoms with Crippen LogP contribution in [0.3, 0.4) is 0 Å². The standard InChI is InChI=1S/C24H20FN9O3/c25-20-11-18(34-19(15-37-24(34)35)14-36-23-6-2-17(13-27)29-31-23)3-4-21(20)32-7-9-33(10-8-32)22-5-1-16(12-26)28-30-22/h1-6,11,19H,7-10,14-15H2. The van der Waals surface area contributed by atoms with E-state index < -0.39 is 18.0 Å². The lowest BCUT2D eigenvalue weighted by atomic mass is 10.2. The van der Waals surface area contributed by atoms with Crippen LogP contribution in [0.4, 0.5) is 26.4 Å². The van der Waals surface area contributed by atoms with E-state index in [-0.39, 0.29) is 30.5 Å². The van der Waals surface area contributed by atoms with Crippen molar-refractivity contribution in [3.8, 4) is 18.0 Å². The van der Waals surface area contributed by atoms with Gasteiger partial charge < -0.3 is 19.3 Å². The largest absolute Gasteiger partial charge is 0.474 e. The number of halogens is 1. The van der Waals surface area contributed by atoms with E-state index in [1.165, 1.54) is 23.1 Å². The van der Waals surface area contributed by atoms with Gasteiger partial charge in [0.2, 0.25) is 5.88 Å². The molecule has 0 bridgehead atoms. The Labute approximate surface area is 211 Å². The number of ether oxygens (including phenoxy) is 2. The summed E-state index contributed by atoms with van der Waals surface area (Å²) in [6.07, 6.45) is -0.594. The van der Waals surface area contributed by atoms with Crippen molar-refractivity contribution in [2.75, 3.05) is 54.1 Å². The van der Waals surface area contributed by atoms with E-state index >= 15 is 4.39 Å². The summed E-state index contributed by atoms with van der Waals surface area (Å²) in [5.41, 5.74) is 1.20. The van der Waals surface area contributed by atoms with Crippen LogP contribution >= 0.6 is 0 Å². The normalized spacial score (nSPS) is 17.2. The molecule has 2 fully saturated rings. The van der Waals surface area contributed by atoms with Crippen molar-refractivity contribution in [3.63, 3.8) is 0 Å². The first kappa shape index (κ1) is 23.7. The summed E-state index contributed by atoms with van der Waals surface area (Å²) in [6.45, 7) is 2.47. The Balaban J connectivity index is 1.23. The molecule has 2 saturated heterocycles. The molecule has 186 valence electrons. The van der Waals surface area contributed by atoms with Crippen LogP contribution in [0.2, 0.25) is 0 Å². The number of nitrogens with zero attached hydrogens (tertiary/aromatic N) is 9. The Morgan fingerprint density at radius 1 is 0.946 bits per heavy atom. The van der Waals surface area contributed by atoms with Gasteiger partial charge in [-0.05, 0) is 36.4 Å². The lowest BCUT2D eigenvalue weighted by Crippen LogP contribution is -2.47. The van der Waals surface area contributed by atoms with Crippen LogP contribution in [0.5, 0.6) is 5.88 Å². The number of benzene rings is 1. The zero-order chi connectivity index (χ0) is 25.8. The molecule has 13 heteroatoms. The first-order valence-corrected chi connectivity index (χ1v) is 11.4. The Kier molecular flexibility index (Phi) is 6.59. The summed E-state index contributed by atoms with van der Waals surface area (Å²) < 4.78 is 26.0. The summed E-state index contributed by atoms with van der Waals surface area (Å²) in [4.78, 5) is 17.7. The minimum absolute atomic E-state index is 0.0515. The molecule has 0 saturated carbocycles. The number of rotatable bonds is 6. The van der Waals surface area contributed by atoms with E-state index in [4.69, 9.17) is 20.0 Å². The molecular formula is C24H20FN9O3. The summed E-state index contributed by atoms with van der Waals surface area (Å²) >= 11 is 0. The minimum atomic E-state index is -0.594. The summed E-state index contributed by atoms with van der Waals surface area (Å²) in [5, 5.41) is 33.2. The van der Waals surface area contributed by atoms with Gasteiger partial charge in [-0.25, -0.2) is 9.18 Å². The van der Waals surface area contributed by atoms with Crippen molar-refractivity contribution >= 4 is 23.3 Å². The number of hydrogen-bond donors (Lipinski definition) is 0. The van der Waals surface area contributed by atoms with Gasteiger partial charge in [0.1, 0.15) is 37.2 Å². The topological polar surface area (TPSA) is 144 Å². The van der Waals surface area contributed by atoms with Crippen molar-refractivity contribution in [3.05, 3.63) is 59.7 Å². The SMILES string of the molecule is N#Cc1ccc(OCC2COC(=O)N2c2ccc(N3CCN(c4ccc(C#N)nn4)CC3)c(F)c2)nn1. The molecule has 37 heavy (non-hydrogen) atoms. The molecule has 1 unspecified atom stereocenters. The van der Waals surface area contributed by atoms with E-state index in [0.717, 1.165) is 0 Å². The predicted molar refractivity (Wildman–Crippen MR) is 127 cm³/mol. The maximum atomic E-state index is 15.2. The Hall–Kier alpha value is -5.04. The van der Waals surface area contributed by atoms with Crippen molar-refractivity contribution in [2.24, 2.45) is 0 Å². The lowest BCUT2D eigenvalue weighted by molar-refractivity contribution is 0.174. The number of piperazine rings is 1. The van der Waals surface area contributed by atoms with Crippen LogP contribution in [-0.4, -0.2) is 71.9 Å². The Bertz CT molecular complexity index is 1360. The molecule has 0 spiro atoms. The van der Waals surface area contributed by atoms with E-state index in [9.17, 15) is 4.79 Å². The fourth-order valence-electron chi connectivity index (χ4n) is 4.17. The Morgan fingerprint density at radius 3 is 2.27 bits per heavy atom. The van der Waals surface area contributed by atoms with Crippen LogP contribution in [-0.2, 0) is 4.74 Å². The van der Waals surface area contributed by atoms with Gasteiger partial charge in [0.15, 0.2) is 17.2 Å². The van der Waals surface area contributed by atoms with Crippen LogP contribution in [0.25, 0.3) is 0 Å². The molecule has 3 aromatic rings. The third-order valence-electron chi connectivity index (χ3n) is 6.06. The zero-order valence-electron chi connectivity index (χ0n) is 19.5. The minimum Gasteiger partial charge on any atom is -0.474 e. The first-order chi connectivity index (χ1) is 18.1. The molecule has 0 N–H and O–H groups in total. The van der Waals surface area contributed by atoms with Gasteiger partial charge >= 0.3 is 6.09 Å². The highest BCUT2D eigenvalue weighted by Gasteiger charge is 2.35.